The summed E-state index contributed by atoms with van der Waals surface area (Å²) in [5.74, 6) is 0.601. The van der Waals surface area contributed by atoms with Gasteiger partial charge in [0.25, 0.3) is 0 Å². The summed E-state index contributed by atoms with van der Waals surface area (Å²) in [5.41, 5.74) is 1.91. The molecule has 1 aliphatic rings. The van der Waals surface area contributed by atoms with E-state index < -0.39 is 0 Å². The minimum atomic E-state index is -0.0101. The maximum atomic E-state index is 12.5. The highest BCUT2D eigenvalue weighted by Crippen LogP contribution is 2.49. The monoisotopic (exact) mass is 395 g/mol. The van der Waals surface area contributed by atoms with E-state index >= 15 is 0 Å². The van der Waals surface area contributed by atoms with Gasteiger partial charge in [-0.1, -0.05) is 31.9 Å². The summed E-state index contributed by atoms with van der Waals surface area (Å²) >= 11 is 0. The Balaban J connectivity index is 1.68. The van der Waals surface area contributed by atoms with Crippen molar-refractivity contribution in [3.63, 3.8) is 0 Å². The third-order valence-electron chi connectivity index (χ3n) is 7.21. The Kier molecular flexibility index (Phi) is 6.33. The molecule has 0 spiro atoms. The van der Waals surface area contributed by atoms with Crippen LogP contribution in [-0.2, 0) is 5.41 Å². The van der Waals surface area contributed by atoms with Gasteiger partial charge in [0.15, 0.2) is 5.78 Å². The second-order valence-corrected chi connectivity index (χ2v) is 8.86. The molecule has 2 unspecified atom stereocenters. The van der Waals surface area contributed by atoms with E-state index in [1.54, 1.807) is 36.4 Å². The Hall–Kier alpha value is -2.33. The summed E-state index contributed by atoms with van der Waals surface area (Å²) in [6.07, 6.45) is 5.96. The van der Waals surface area contributed by atoms with E-state index in [0.29, 0.717) is 17.7 Å². The van der Waals surface area contributed by atoms with E-state index in [4.69, 9.17) is 0 Å². The Bertz CT molecular complexity index is 830. The van der Waals surface area contributed by atoms with Crippen LogP contribution in [0.2, 0.25) is 0 Å². The number of phenols is 2. The number of likely N-dealkylation sites (N-methyl/N-ethyl adjacent to an activating group) is 1. The lowest BCUT2D eigenvalue weighted by Crippen LogP contribution is -2.59. The molecule has 1 saturated carbocycles. The lowest BCUT2D eigenvalue weighted by Gasteiger charge is -2.55. The fraction of sp³-hybridized carbons (Fsp3) is 0.480. The largest absolute Gasteiger partial charge is 0.508 e. The SMILES string of the molecule is CN(CCCC(=O)c1ccc(O)cc1)C1(C)CCCCC1(C)c1ccc(O)cc1. The van der Waals surface area contributed by atoms with Crippen LogP contribution in [0.25, 0.3) is 0 Å². The van der Waals surface area contributed by atoms with E-state index in [9.17, 15) is 15.0 Å². The van der Waals surface area contributed by atoms with Crippen LogP contribution in [0.5, 0.6) is 11.5 Å². The first-order valence-electron chi connectivity index (χ1n) is 10.6. The fourth-order valence-electron chi connectivity index (χ4n) is 4.90. The molecule has 0 aromatic heterocycles. The number of ketones is 1. The molecule has 4 heteroatoms. The van der Waals surface area contributed by atoms with Gasteiger partial charge in [0, 0.05) is 22.9 Å². The summed E-state index contributed by atoms with van der Waals surface area (Å²) in [6, 6.07) is 14.2. The van der Waals surface area contributed by atoms with Crippen LogP contribution in [0.15, 0.2) is 48.5 Å². The zero-order chi connectivity index (χ0) is 21.1. The normalized spacial score (nSPS) is 24.6. The average Bonchev–Trinajstić information content (AvgIpc) is 2.71. The first-order chi connectivity index (χ1) is 13.8. The molecule has 29 heavy (non-hydrogen) atoms. The van der Waals surface area contributed by atoms with Crippen molar-refractivity contribution < 1.29 is 15.0 Å². The van der Waals surface area contributed by atoms with Crippen molar-refractivity contribution in [1.29, 1.82) is 0 Å². The van der Waals surface area contributed by atoms with Gasteiger partial charge in [-0.15, -0.1) is 0 Å². The van der Waals surface area contributed by atoms with Crippen molar-refractivity contribution in [2.75, 3.05) is 13.6 Å². The van der Waals surface area contributed by atoms with Gasteiger partial charge in [0.1, 0.15) is 11.5 Å². The summed E-state index contributed by atoms with van der Waals surface area (Å²) in [4.78, 5) is 14.9. The van der Waals surface area contributed by atoms with E-state index in [0.717, 1.165) is 25.8 Å². The van der Waals surface area contributed by atoms with Crippen molar-refractivity contribution >= 4 is 5.78 Å². The molecule has 0 aliphatic heterocycles. The second-order valence-electron chi connectivity index (χ2n) is 8.86. The van der Waals surface area contributed by atoms with Crippen LogP contribution >= 0.6 is 0 Å². The van der Waals surface area contributed by atoms with Crippen LogP contribution in [0.4, 0.5) is 0 Å². The van der Waals surface area contributed by atoms with Gasteiger partial charge in [0.05, 0.1) is 0 Å². The summed E-state index contributed by atoms with van der Waals surface area (Å²) in [7, 11) is 2.18. The number of carbonyl (C=O) groups excluding carboxylic acids is 1. The number of hydrogen-bond acceptors (Lipinski definition) is 4. The smallest absolute Gasteiger partial charge is 0.162 e. The van der Waals surface area contributed by atoms with Crippen molar-refractivity contribution in [3.8, 4) is 11.5 Å². The fourth-order valence-corrected chi connectivity index (χ4v) is 4.90. The molecule has 0 radical (unpaired) electrons. The van der Waals surface area contributed by atoms with Crippen LogP contribution < -0.4 is 0 Å². The average molecular weight is 396 g/mol. The molecule has 156 valence electrons. The van der Waals surface area contributed by atoms with Crippen LogP contribution in [-0.4, -0.2) is 40.0 Å². The standard InChI is InChI=1S/C25H33NO3/c1-24(20-10-14-22(28)15-11-20)16-4-5-17-25(24,2)26(3)18-6-7-23(29)19-8-12-21(27)13-9-19/h8-15,27-28H,4-7,16-18H2,1-3H3. The van der Waals surface area contributed by atoms with Gasteiger partial charge >= 0.3 is 0 Å². The highest BCUT2D eigenvalue weighted by Gasteiger charge is 2.49. The minimum Gasteiger partial charge on any atom is -0.508 e. The number of carbonyl (C=O) groups is 1. The molecular weight excluding hydrogens is 362 g/mol. The predicted molar refractivity (Wildman–Crippen MR) is 117 cm³/mol. The zero-order valence-electron chi connectivity index (χ0n) is 17.8. The van der Waals surface area contributed by atoms with Gasteiger partial charge in [-0.25, -0.2) is 0 Å². The molecule has 0 heterocycles. The molecule has 2 aromatic carbocycles. The maximum Gasteiger partial charge on any atom is 0.162 e. The summed E-state index contributed by atoms with van der Waals surface area (Å²) in [5, 5.41) is 19.1. The second kappa shape index (κ2) is 8.58. The number of benzene rings is 2. The lowest BCUT2D eigenvalue weighted by molar-refractivity contribution is 0.0158. The quantitative estimate of drug-likeness (QED) is 0.626. The first kappa shape index (κ1) is 21.4. The maximum absolute atomic E-state index is 12.5. The lowest BCUT2D eigenvalue weighted by atomic mass is 9.59. The molecule has 0 amide bonds. The Morgan fingerprint density at radius 1 is 0.931 bits per heavy atom. The van der Waals surface area contributed by atoms with Crippen molar-refractivity contribution in [1.82, 2.24) is 4.90 Å². The molecule has 0 saturated heterocycles. The third kappa shape index (κ3) is 4.32. The predicted octanol–water partition coefficient (Wildman–Crippen LogP) is 5.28. The molecular formula is C25H33NO3. The summed E-state index contributed by atoms with van der Waals surface area (Å²) in [6.45, 7) is 5.55. The van der Waals surface area contributed by atoms with Crippen LogP contribution in [0.1, 0.15) is 68.3 Å². The van der Waals surface area contributed by atoms with Crippen LogP contribution in [0.3, 0.4) is 0 Å². The van der Waals surface area contributed by atoms with Gasteiger partial charge in [-0.3, -0.25) is 4.79 Å². The van der Waals surface area contributed by atoms with Gasteiger partial charge in [-0.05, 0) is 81.7 Å². The molecule has 0 bridgehead atoms. The Morgan fingerprint density at radius 2 is 1.48 bits per heavy atom. The topological polar surface area (TPSA) is 60.8 Å². The summed E-state index contributed by atoms with van der Waals surface area (Å²) < 4.78 is 0. The highest BCUT2D eigenvalue weighted by atomic mass is 16.3. The van der Waals surface area contributed by atoms with E-state index in [1.165, 1.54) is 18.4 Å². The van der Waals surface area contributed by atoms with Crippen molar-refractivity contribution in [3.05, 3.63) is 59.7 Å². The number of rotatable bonds is 7. The first-order valence-corrected chi connectivity index (χ1v) is 10.6. The van der Waals surface area contributed by atoms with E-state index in [-0.39, 0.29) is 22.5 Å². The third-order valence-corrected chi connectivity index (χ3v) is 7.21. The zero-order valence-corrected chi connectivity index (χ0v) is 17.8. The number of hydrogen-bond donors (Lipinski definition) is 2. The van der Waals surface area contributed by atoms with Crippen molar-refractivity contribution in [2.24, 2.45) is 0 Å². The number of phenolic OH excluding ortho intramolecular Hbond substituents is 2. The van der Waals surface area contributed by atoms with Gasteiger partial charge < -0.3 is 15.1 Å². The highest BCUT2D eigenvalue weighted by molar-refractivity contribution is 5.96. The van der Waals surface area contributed by atoms with E-state index in [1.807, 2.05) is 0 Å². The minimum absolute atomic E-state index is 0.00529. The molecule has 1 fully saturated rings. The molecule has 2 N–H and O–H groups in total. The number of aromatic hydroxyl groups is 2. The number of Topliss-reactive ketones (excluding diaryl/α,β-unsaturated/α-hetero) is 1. The molecule has 2 aromatic rings. The molecule has 4 nitrogen and oxygen atoms in total. The van der Waals surface area contributed by atoms with E-state index in [2.05, 4.69) is 37.9 Å². The van der Waals surface area contributed by atoms with Gasteiger partial charge in [0.2, 0.25) is 0 Å². The Labute approximate surface area is 174 Å². The molecule has 3 rings (SSSR count). The molecule has 1 aliphatic carbocycles. The molecule has 2 atom stereocenters. The van der Waals surface area contributed by atoms with Crippen molar-refractivity contribution in [2.45, 2.75) is 63.3 Å². The Morgan fingerprint density at radius 3 is 2.10 bits per heavy atom. The van der Waals surface area contributed by atoms with Crippen LogP contribution in [0, 0.1) is 0 Å². The van der Waals surface area contributed by atoms with Gasteiger partial charge in [-0.2, -0.15) is 0 Å². The number of nitrogens with zero attached hydrogens (tertiary/aromatic N) is 1.